The zero-order valence-corrected chi connectivity index (χ0v) is 12.0. The Kier molecular flexibility index (Phi) is 4.96. The molecule has 5 heteroatoms. The molecule has 0 aromatic carbocycles. The molecule has 0 atom stereocenters. The van der Waals surface area contributed by atoms with Crippen LogP contribution in [0.15, 0.2) is 12.1 Å². The molecule has 4 nitrogen and oxygen atoms in total. The number of ether oxygens (including phenoxy) is 1. The van der Waals surface area contributed by atoms with Crippen LogP contribution < -0.4 is 5.32 Å². The summed E-state index contributed by atoms with van der Waals surface area (Å²) in [4.78, 5) is 15.8. The fourth-order valence-electron chi connectivity index (χ4n) is 1.47. The Morgan fingerprint density at radius 2 is 2.11 bits per heavy atom. The second kappa shape index (κ2) is 6.05. The Bertz CT molecular complexity index is 427. The van der Waals surface area contributed by atoms with Crippen molar-refractivity contribution < 1.29 is 9.53 Å². The maximum Gasteiger partial charge on any atom is 0.407 e. The molecule has 1 heterocycles. The van der Waals surface area contributed by atoms with Crippen LogP contribution in [0.1, 0.15) is 37.7 Å². The van der Waals surface area contributed by atoms with Gasteiger partial charge in [0.15, 0.2) is 0 Å². The van der Waals surface area contributed by atoms with E-state index in [1.54, 1.807) is 0 Å². The van der Waals surface area contributed by atoms with Crippen LogP contribution in [0.25, 0.3) is 0 Å². The van der Waals surface area contributed by atoms with Crippen molar-refractivity contribution in [3.8, 4) is 0 Å². The fraction of sp³-hybridized carbons (Fsp3) is 0.538. The zero-order valence-electron chi connectivity index (χ0n) is 11.2. The summed E-state index contributed by atoms with van der Waals surface area (Å²) in [7, 11) is 0. The van der Waals surface area contributed by atoms with Crippen molar-refractivity contribution in [2.24, 2.45) is 0 Å². The van der Waals surface area contributed by atoms with Crippen molar-refractivity contribution in [3.63, 3.8) is 0 Å². The molecule has 1 amide bonds. The predicted molar refractivity (Wildman–Crippen MR) is 71.6 cm³/mol. The number of hydrogen-bond donors (Lipinski definition) is 1. The number of halogens is 1. The third kappa shape index (κ3) is 5.36. The molecule has 18 heavy (non-hydrogen) atoms. The number of rotatable bonds is 3. The van der Waals surface area contributed by atoms with Gasteiger partial charge in [0.1, 0.15) is 5.60 Å². The van der Waals surface area contributed by atoms with E-state index in [0.29, 0.717) is 12.4 Å². The first kappa shape index (κ1) is 14.8. The number of nitrogens with zero attached hydrogens (tertiary/aromatic N) is 1. The standard InChI is InChI=1S/C13H19ClN2O2/c1-9-5-10(6-11(7-14)16-9)8-15-12(17)18-13(2,3)4/h5-6H,7-8H2,1-4H3,(H,15,17). The first-order valence-corrected chi connectivity index (χ1v) is 6.33. The average Bonchev–Trinajstić information content (AvgIpc) is 2.23. The Morgan fingerprint density at radius 1 is 1.44 bits per heavy atom. The van der Waals surface area contributed by atoms with Gasteiger partial charge in [-0.2, -0.15) is 0 Å². The van der Waals surface area contributed by atoms with Crippen LogP contribution >= 0.6 is 11.6 Å². The predicted octanol–water partition coefficient (Wildman–Crippen LogP) is 3.15. The molecule has 0 aliphatic rings. The van der Waals surface area contributed by atoms with Gasteiger partial charge < -0.3 is 10.1 Å². The third-order valence-electron chi connectivity index (χ3n) is 2.04. The largest absolute Gasteiger partial charge is 0.444 e. The topological polar surface area (TPSA) is 51.2 Å². The monoisotopic (exact) mass is 270 g/mol. The van der Waals surface area contributed by atoms with Gasteiger partial charge in [0, 0.05) is 12.2 Å². The maximum absolute atomic E-state index is 11.5. The van der Waals surface area contributed by atoms with Crippen LogP contribution in [0.2, 0.25) is 0 Å². The lowest BCUT2D eigenvalue weighted by molar-refractivity contribution is 0.0523. The fourth-order valence-corrected chi connectivity index (χ4v) is 1.61. The molecule has 0 saturated carbocycles. The van der Waals surface area contributed by atoms with Crippen LogP contribution in [0, 0.1) is 6.92 Å². The van der Waals surface area contributed by atoms with Gasteiger partial charge in [-0.3, -0.25) is 4.98 Å². The van der Waals surface area contributed by atoms with E-state index < -0.39 is 11.7 Å². The van der Waals surface area contributed by atoms with Gasteiger partial charge in [-0.1, -0.05) is 0 Å². The lowest BCUT2D eigenvalue weighted by Crippen LogP contribution is -2.32. The third-order valence-corrected chi connectivity index (χ3v) is 2.31. The molecule has 0 saturated heterocycles. The van der Waals surface area contributed by atoms with Crippen LogP contribution in [0.3, 0.4) is 0 Å². The normalized spacial score (nSPS) is 11.2. The highest BCUT2D eigenvalue weighted by Crippen LogP contribution is 2.09. The number of nitrogens with one attached hydrogen (secondary N) is 1. The Hall–Kier alpha value is -1.29. The molecule has 0 fully saturated rings. The summed E-state index contributed by atoms with van der Waals surface area (Å²) < 4.78 is 5.15. The van der Waals surface area contributed by atoms with Gasteiger partial charge in [0.25, 0.3) is 0 Å². The Labute approximate surface area is 113 Å². The Balaban J connectivity index is 2.58. The molecular weight excluding hydrogens is 252 g/mol. The molecule has 1 rings (SSSR count). The highest BCUT2D eigenvalue weighted by atomic mass is 35.5. The van der Waals surface area contributed by atoms with Gasteiger partial charge >= 0.3 is 6.09 Å². The molecule has 1 aromatic rings. The highest BCUT2D eigenvalue weighted by molar-refractivity contribution is 6.16. The number of pyridine rings is 1. The van der Waals surface area contributed by atoms with Gasteiger partial charge in [-0.05, 0) is 45.4 Å². The molecule has 100 valence electrons. The lowest BCUT2D eigenvalue weighted by atomic mass is 10.2. The minimum atomic E-state index is -0.487. The van der Waals surface area contributed by atoms with E-state index in [-0.39, 0.29) is 0 Å². The molecule has 0 unspecified atom stereocenters. The van der Waals surface area contributed by atoms with Gasteiger partial charge in [-0.15, -0.1) is 11.6 Å². The summed E-state index contributed by atoms with van der Waals surface area (Å²) in [5, 5.41) is 2.70. The van der Waals surface area contributed by atoms with Crippen molar-refractivity contribution in [2.75, 3.05) is 0 Å². The number of carbonyl (C=O) groups is 1. The molecule has 0 spiro atoms. The van der Waals surface area contributed by atoms with Crippen molar-refractivity contribution in [2.45, 2.75) is 45.7 Å². The summed E-state index contributed by atoms with van der Waals surface area (Å²) in [5.74, 6) is 0.362. The van der Waals surface area contributed by atoms with Gasteiger partial charge in [-0.25, -0.2) is 4.79 Å². The molecule has 0 radical (unpaired) electrons. The van der Waals surface area contributed by atoms with E-state index in [4.69, 9.17) is 16.3 Å². The molecule has 0 bridgehead atoms. The van der Waals surface area contributed by atoms with Crippen LogP contribution in [0.4, 0.5) is 4.79 Å². The quantitative estimate of drug-likeness (QED) is 0.859. The van der Waals surface area contributed by atoms with Crippen molar-refractivity contribution in [1.82, 2.24) is 10.3 Å². The van der Waals surface area contributed by atoms with E-state index in [1.165, 1.54) is 0 Å². The molecule has 0 aliphatic heterocycles. The number of aromatic nitrogens is 1. The first-order valence-electron chi connectivity index (χ1n) is 5.79. The zero-order chi connectivity index (χ0) is 13.8. The highest BCUT2D eigenvalue weighted by Gasteiger charge is 2.15. The number of alkyl halides is 1. The molecule has 0 aliphatic carbocycles. The maximum atomic E-state index is 11.5. The number of aryl methyl sites for hydroxylation is 1. The van der Waals surface area contributed by atoms with E-state index in [1.807, 2.05) is 39.8 Å². The van der Waals surface area contributed by atoms with Crippen molar-refractivity contribution in [3.05, 3.63) is 29.1 Å². The SMILES string of the molecule is Cc1cc(CNC(=O)OC(C)(C)C)cc(CCl)n1. The van der Waals surface area contributed by atoms with E-state index in [9.17, 15) is 4.79 Å². The number of carbonyl (C=O) groups excluding carboxylic acids is 1. The lowest BCUT2D eigenvalue weighted by Gasteiger charge is -2.19. The summed E-state index contributed by atoms with van der Waals surface area (Å²) >= 11 is 5.75. The van der Waals surface area contributed by atoms with Crippen LogP contribution in [-0.4, -0.2) is 16.7 Å². The second-order valence-corrected chi connectivity index (χ2v) is 5.36. The second-order valence-electron chi connectivity index (χ2n) is 5.10. The van der Waals surface area contributed by atoms with Crippen molar-refractivity contribution >= 4 is 17.7 Å². The molecule has 1 N–H and O–H groups in total. The van der Waals surface area contributed by atoms with Crippen LogP contribution in [-0.2, 0) is 17.2 Å². The summed E-state index contributed by atoms with van der Waals surface area (Å²) in [5.41, 5.74) is 2.16. The average molecular weight is 271 g/mol. The minimum absolute atomic E-state index is 0.362. The summed E-state index contributed by atoms with van der Waals surface area (Å²) in [6.07, 6.45) is -0.426. The van der Waals surface area contributed by atoms with Gasteiger partial charge in [0.05, 0.1) is 11.6 Å². The summed E-state index contributed by atoms with van der Waals surface area (Å²) in [6.45, 7) is 7.79. The van der Waals surface area contributed by atoms with E-state index >= 15 is 0 Å². The van der Waals surface area contributed by atoms with E-state index in [2.05, 4.69) is 10.3 Å². The number of amides is 1. The minimum Gasteiger partial charge on any atom is -0.444 e. The van der Waals surface area contributed by atoms with Crippen molar-refractivity contribution in [1.29, 1.82) is 0 Å². The number of alkyl carbamates (subject to hydrolysis) is 1. The molecule has 1 aromatic heterocycles. The first-order chi connectivity index (χ1) is 8.30. The van der Waals surface area contributed by atoms with Gasteiger partial charge in [0.2, 0.25) is 0 Å². The number of hydrogen-bond acceptors (Lipinski definition) is 3. The molecular formula is C13H19ClN2O2. The summed E-state index contributed by atoms with van der Waals surface area (Å²) in [6, 6.07) is 3.78. The van der Waals surface area contributed by atoms with E-state index in [0.717, 1.165) is 17.0 Å². The smallest absolute Gasteiger partial charge is 0.407 e. The van der Waals surface area contributed by atoms with Crippen LogP contribution in [0.5, 0.6) is 0 Å². The Morgan fingerprint density at radius 3 is 2.67 bits per heavy atom.